The van der Waals surface area contributed by atoms with Crippen molar-refractivity contribution in [3.05, 3.63) is 54.0 Å². The van der Waals surface area contributed by atoms with E-state index in [9.17, 15) is 14.4 Å². The molecule has 208 valence electrons. The van der Waals surface area contributed by atoms with Crippen molar-refractivity contribution in [2.75, 3.05) is 18.4 Å². The van der Waals surface area contributed by atoms with Crippen LogP contribution in [0, 0.1) is 6.92 Å². The standard InChI is InChI=1S/C24H30N6O2.C4H6O3/c1-16(2)32-21-14-30(15-21)23(31)8-7-18-5-6-19(11-17(18)3)22-9-10-25-24(28-22)27-20-12-26-29(4)13-20;1-3(5)2-4(6)7/h5-6,9-13,16,21H,7-8,14-15H2,1-4H3,(H,25,27,28);2H2,1H3,(H,6,7). The van der Waals surface area contributed by atoms with Crippen molar-refractivity contribution in [3.63, 3.8) is 0 Å². The number of ether oxygens (including phenoxy) is 1. The summed E-state index contributed by atoms with van der Waals surface area (Å²) in [6.45, 7) is 8.78. The van der Waals surface area contributed by atoms with Crippen molar-refractivity contribution in [2.24, 2.45) is 7.05 Å². The highest BCUT2D eigenvalue weighted by Gasteiger charge is 2.31. The number of ketones is 1. The van der Waals surface area contributed by atoms with E-state index >= 15 is 0 Å². The highest BCUT2D eigenvalue weighted by molar-refractivity contribution is 5.93. The minimum absolute atomic E-state index is 0.186. The molecule has 2 aromatic heterocycles. The summed E-state index contributed by atoms with van der Waals surface area (Å²) >= 11 is 0. The van der Waals surface area contributed by atoms with Crippen molar-refractivity contribution in [3.8, 4) is 11.3 Å². The maximum atomic E-state index is 12.5. The van der Waals surface area contributed by atoms with Gasteiger partial charge in [0, 0.05) is 44.5 Å². The molecule has 0 unspecified atom stereocenters. The summed E-state index contributed by atoms with van der Waals surface area (Å²) in [6.07, 6.45) is 6.62. The van der Waals surface area contributed by atoms with Crippen LogP contribution in [-0.4, -0.2) is 72.7 Å². The van der Waals surface area contributed by atoms with Gasteiger partial charge in [0.2, 0.25) is 11.9 Å². The Morgan fingerprint density at radius 1 is 1.21 bits per heavy atom. The second-order valence-electron chi connectivity index (χ2n) is 9.81. The number of hydrogen-bond donors (Lipinski definition) is 2. The van der Waals surface area contributed by atoms with Crippen molar-refractivity contribution in [1.82, 2.24) is 24.6 Å². The van der Waals surface area contributed by atoms with Crippen LogP contribution in [0.15, 0.2) is 42.9 Å². The highest BCUT2D eigenvalue weighted by atomic mass is 16.5. The van der Waals surface area contributed by atoms with E-state index in [-0.39, 0.29) is 30.3 Å². The van der Waals surface area contributed by atoms with Crippen LogP contribution in [0.4, 0.5) is 11.6 Å². The first-order valence-electron chi connectivity index (χ1n) is 12.8. The van der Waals surface area contributed by atoms with Gasteiger partial charge in [0.25, 0.3) is 0 Å². The summed E-state index contributed by atoms with van der Waals surface area (Å²) < 4.78 is 7.45. The lowest BCUT2D eigenvalue weighted by molar-refractivity contribution is -0.148. The molecular weight excluding hydrogens is 500 g/mol. The summed E-state index contributed by atoms with van der Waals surface area (Å²) in [5.41, 5.74) is 5.03. The summed E-state index contributed by atoms with van der Waals surface area (Å²) in [4.78, 5) is 42.7. The molecule has 0 bridgehead atoms. The van der Waals surface area contributed by atoms with Gasteiger partial charge in [-0.05, 0) is 57.4 Å². The van der Waals surface area contributed by atoms with Crippen LogP contribution in [-0.2, 0) is 32.6 Å². The summed E-state index contributed by atoms with van der Waals surface area (Å²) in [6, 6.07) is 8.16. The molecule has 1 aliphatic heterocycles. The summed E-state index contributed by atoms with van der Waals surface area (Å²) in [5.74, 6) is -0.656. The quantitative estimate of drug-likeness (QED) is 0.372. The molecule has 0 saturated carbocycles. The monoisotopic (exact) mass is 536 g/mol. The summed E-state index contributed by atoms with van der Waals surface area (Å²) in [5, 5.41) is 15.2. The third-order valence-corrected chi connectivity index (χ3v) is 5.93. The van der Waals surface area contributed by atoms with E-state index in [0.717, 1.165) is 28.9 Å². The Morgan fingerprint density at radius 3 is 2.51 bits per heavy atom. The molecule has 1 fully saturated rings. The average Bonchev–Trinajstić information content (AvgIpc) is 3.24. The fraction of sp³-hybridized carbons (Fsp3) is 0.429. The van der Waals surface area contributed by atoms with E-state index in [1.807, 2.05) is 38.1 Å². The molecule has 0 spiro atoms. The molecule has 1 saturated heterocycles. The zero-order valence-corrected chi connectivity index (χ0v) is 23.0. The van der Waals surface area contributed by atoms with E-state index in [1.165, 1.54) is 12.5 Å². The first-order valence-corrected chi connectivity index (χ1v) is 12.8. The zero-order valence-electron chi connectivity index (χ0n) is 23.0. The molecule has 11 heteroatoms. The van der Waals surface area contributed by atoms with Gasteiger partial charge in [-0.15, -0.1) is 0 Å². The number of benzene rings is 1. The predicted octanol–water partition coefficient (Wildman–Crippen LogP) is 3.55. The molecular formula is C28H36N6O5. The zero-order chi connectivity index (χ0) is 28.5. The predicted molar refractivity (Wildman–Crippen MR) is 147 cm³/mol. The Bertz CT molecular complexity index is 1290. The van der Waals surface area contributed by atoms with Crippen molar-refractivity contribution in [2.45, 2.75) is 59.2 Å². The number of nitrogens with zero attached hydrogens (tertiary/aromatic N) is 5. The van der Waals surface area contributed by atoms with Gasteiger partial charge < -0.3 is 20.1 Å². The minimum Gasteiger partial charge on any atom is -0.481 e. The highest BCUT2D eigenvalue weighted by Crippen LogP contribution is 2.23. The molecule has 0 atom stereocenters. The molecule has 3 heterocycles. The number of anilines is 2. The van der Waals surface area contributed by atoms with Crippen LogP contribution in [0.3, 0.4) is 0 Å². The minimum atomic E-state index is -1.06. The van der Waals surface area contributed by atoms with Crippen LogP contribution in [0.5, 0.6) is 0 Å². The van der Waals surface area contributed by atoms with Crippen LogP contribution in [0.25, 0.3) is 11.3 Å². The lowest BCUT2D eigenvalue weighted by Crippen LogP contribution is -2.55. The number of carboxylic acids is 1. The third-order valence-electron chi connectivity index (χ3n) is 5.93. The number of aliphatic carboxylic acids is 1. The number of rotatable bonds is 10. The van der Waals surface area contributed by atoms with E-state index < -0.39 is 5.97 Å². The first-order chi connectivity index (χ1) is 18.5. The number of carboxylic acid groups (broad SMARTS) is 1. The molecule has 4 rings (SSSR count). The molecule has 1 amide bonds. The Kier molecular flexibility index (Phi) is 10.3. The number of carbonyl (C=O) groups excluding carboxylic acids is 2. The Morgan fingerprint density at radius 2 is 1.95 bits per heavy atom. The number of carbonyl (C=O) groups is 3. The molecule has 2 N–H and O–H groups in total. The molecule has 1 aliphatic rings. The van der Waals surface area contributed by atoms with Gasteiger partial charge in [-0.25, -0.2) is 9.97 Å². The second-order valence-corrected chi connectivity index (χ2v) is 9.81. The second kappa shape index (κ2) is 13.6. The van der Waals surface area contributed by atoms with Crippen LogP contribution in [0.1, 0.15) is 44.7 Å². The van der Waals surface area contributed by atoms with E-state index in [2.05, 4.69) is 45.5 Å². The van der Waals surface area contributed by atoms with Gasteiger partial charge in [-0.1, -0.05) is 12.1 Å². The Hall–Kier alpha value is -4.12. The van der Waals surface area contributed by atoms with Gasteiger partial charge in [0.15, 0.2) is 0 Å². The number of aromatic nitrogens is 4. The van der Waals surface area contributed by atoms with Crippen LogP contribution >= 0.6 is 0 Å². The third kappa shape index (κ3) is 9.29. The lowest BCUT2D eigenvalue weighted by Gasteiger charge is -2.40. The van der Waals surface area contributed by atoms with Gasteiger partial charge in [-0.2, -0.15) is 5.10 Å². The van der Waals surface area contributed by atoms with Crippen molar-refractivity contribution < 1.29 is 24.2 Å². The molecule has 39 heavy (non-hydrogen) atoms. The lowest BCUT2D eigenvalue weighted by atomic mass is 9.99. The van der Waals surface area contributed by atoms with Crippen LogP contribution in [0.2, 0.25) is 0 Å². The number of likely N-dealkylation sites (tertiary alicyclic amines) is 1. The molecule has 0 radical (unpaired) electrons. The molecule has 3 aromatic rings. The van der Waals surface area contributed by atoms with E-state index in [1.54, 1.807) is 17.1 Å². The molecule has 0 aliphatic carbocycles. The van der Waals surface area contributed by atoms with E-state index in [4.69, 9.17) is 9.84 Å². The number of hydrogen-bond acceptors (Lipinski definition) is 8. The number of Topliss-reactive ketones (excluding diaryl/α,β-unsaturated/α-hetero) is 1. The molecule has 11 nitrogen and oxygen atoms in total. The smallest absolute Gasteiger partial charge is 0.310 e. The maximum absolute atomic E-state index is 12.5. The largest absolute Gasteiger partial charge is 0.481 e. The first kappa shape index (κ1) is 29.4. The fourth-order valence-electron chi connectivity index (χ4n) is 4.06. The van der Waals surface area contributed by atoms with E-state index in [0.29, 0.717) is 25.5 Å². The number of aryl methyl sites for hydroxylation is 3. The normalized spacial score (nSPS) is 12.9. The van der Waals surface area contributed by atoms with Gasteiger partial charge in [0.05, 0.1) is 29.8 Å². The van der Waals surface area contributed by atoms with Gasteiger partial charge in [-0.3, -0.25) is 19.1 Å². The summed E-state index contributed by atoms with van der Waals surface area (Å²) in [7, 11) is 1.86. The average molecular weight is 537 g/mol. The SMILES string of the molecule is CC(=O)CC(=O)O.Cc1cc(-c2ccnc(Nc3cnn(C)c3)n2)ccc1CCC(=O)N1CC(OC(C)C)C1. The van der Waals surface area contributed by atoms with Gasteiger partial charge in [0.1, 0.15) is 12.2 Å². The Labute approximate surface area is 228 Å². The van der Waals surface area contributed by atoms with Crippen molar-refractivity contribution >= 4 is 29.3 Å². The van der Waals surface area contributed by atoms with Gasteiger partial charge >= 0.3 is 5.97 Å². The number of amides is 1. The van der Waals surface area contributed by atoms with Crippen LogP contribution < -0.4 is 5.32 Å². The Balaban J connectivity index is 0.000000532. The molecule has 1 aromatic carbocycles. The maximum Gasteiger partial charge on any atom is 0.310 e. The fourth-order valence-corrected chi connectivity index (χ4v) is 4.06. The van der Waals surface area contributed by atoms with Crippen molar-refractivity contribution in [1.29, 1.82) is 0 Å². The topological polar surface area (TPSA) is 140 Å². The number of nitrogens with one attached hydrogen (secondary N) is 1.